The molecule has 1 aliphatic carbocycles. The van der Waals surface area contributed by atoms with Gasteiger partial charge in [-0.15, -0.1) is 0 Å². The first-order valence-corrected chi connectivity index (χ1v) is 13.1. The highest BCUT2D eigenvalue weighted by Crippen LogP contribution is 2.43. The summed E-state index contributed by atoms with van der Waals surface area (Å²) in [7, 11) is -3.12. The number of sulfone groups is 1. The monoisotopic (exact) mass is 481 g/mol. The molecular weight excluding hydrogens is 450 g/mol. The van der Waals surface area contributed by atoms with Crippen molar-refractivity contribution in [2.45, 2.75) is 51.4 Å². The summed E-state index contributed by atoms with van der Waals surface area (Å²) in [5, 5.41) is 21.9. The predicted molar refractivity (Wildman–Crippen MR) is 133 cm³/mol. The van der Waals surface area contributed by atoms with Crippen molar-refractivity contribution in [2.24, 2.45) is 5.41 Å². The summed E-state index contributed by atoms with van der Waals surface area (Å²) < 4.78 is 24.0. The number of nitrogens with zero attached hydrogens (tertiary/aromatic N) is 3. The lowest BCUT2D eigenvalue weighted by Crippen LogP contribution is -2.36. The number of aromatic amines is 1. The van der Waals surface area contributed by atoms with Crippen LogP contribution in [0.25, 0.3) is 5.57 Å². The zero-order valence-electron chi connectivity index (χ0n) is 19.3. The van der Waals surface area contributed by atoms with E-state index in [9.17, 15) is 18.5 Å². The van der Waals surface area contributed by atoms with Crippen LogP contribution in [0.15, 0.2) is 30.5 Å². The maximum Gasteiger partial charge on any atom is 0.291 e. The van der Waals surface area contributed by atoms with Crippen LogP contribution in [0.3, 0.4) is 0 Å². The predicted octanol–water partition coefficient (Wildman–Crippen LogP) is 4.59. The molecule has 1 aliphatic heterocycles. The minimum atomic E-state index is -3.12. The molecule has 0 saturated carbocycles. The summed E-state index contributed by atoms with van der Waals surface area (Å²) in [5.41, 5.74) is 2.79. The van der Waals surface area contributed by atoms with Gasteiger partial charge in [-0.2, -0.15) is 10.5 Å². The summed E-state index contributed by atoms with van der Waals surface area (Å²) in [6.45, 7) is 4.44. The van der Waals surface area contributed by atoms with Gasteiger partial charge in [0.15, 0.2) is 5.82 Å². The average Bonchev–Trinajstić information content (AvgIpc) is 3.30. The normalized spacial score (nSPS) is 20.4. The molecule has 2 aromatic rings. The molecule has 0 spiro atoms. The number of rotatable bonds is 4. The molecule has 34 heavy (non-hydrogen) atoms. The maximum absolute atomic E-state index is 12.8. The molecule has 0 unspecified atom stereocenters. The Balaban J connectivity index is 0.00000228. The first kappa shape index (κ1) is 23.7. The highest BCUT2D eigenvalue weighted by molar-refractivity contribution is 7.91. The van der Waals surface area contributed by atoms with E-state index < -0.39 is 21.2 Å². The van der Waals surface area contributed by atoms with Gasteiger partial charge in [0.05, 0.1) is 29.2 Å². The number of nitrogens with one attached hydrogen (secondary N) is 2. The molecule has 2 aliphatic rings. The Labute approximate surface area is 202 Å². The Morgan fingerprint density at radius 2 is 1.94 bits per heavy atom. The topological polar surface area (TPSA) is 140 Å². The Morgan fingerprint density at radius 3 is 2.53 bits per heavy atom. The number of H-pyrrole nitrogens is 1. The second kappa shape index (κ2) is 8.73. The van der Waals surface area contributed by atoms with E-state index in [1.165, 1.54) is 6.20 Å². The smallest absolute Gasteiger partial charge is 0.291 e. The zero-order chi connectivity index (χ0) is 24.6. The van der Waals surface area contributed by atoms with Gasteiger partial charge in [0.1, 0.15) is 21.6 Å². The fourth-order valence-corrected chi connectivity index (χ4v) is 6.09. The largest absolute Gasteiger partial charge is 0.326 e. The van der Waals surface area contributed by atoms with Crippen LogP contribution < -0.4 is 5.32 Å². The Kier molecular flexibility index (Phi) is 6.09. The van der Waals surface area contributed by atoms with Crippen molar-refractivity contribution in [1.82, 2.24) is 9.97 Å². The quantitative estimate of drug-likeness (QED) is 0.654. The molecule has 180 valence electrons. The second-order valence-electron chi connectivity index (χ2n) is 9.92. The summed E-state index contributed by atoms with van der Waals surface area (Å²) >= 11 is 0. The number of aromatic nitrogens is 2. The molecule has 0 atom stereocenters. The Hall–Kier alpha value is -3.43. The van der Waals surface area contributed by atoms with Crippen LogP contribution in [-0.4, -0.2) is 35.8 Å². The van der Waals surface area contributed by atoms with Crippen LogP contribution in [0.2, 0.25) is 0 Å². The molecule has 8 nitrogen and oxygen atoms in total. The number of imidazole rings is 1. The third-order valence-electron chi connectivity index (χ3n) is 6.94. The Bertz CT molecular complexity index is 1350. The molecule has 2 N–H and O–H groups in total. The maximum atomic E-state index is 12.8. The number of amides is 1. The molecule has 2 heterocycles. The van der Waals surface area contributed by atoms with Gasteiger partial charge in [-0.25, -0.2) is 13.4 Å². The van der Waals surface area contributed by atoms with Gasteiger partial charge < -0.3 is 10.3 Å². The molecule has 0 bridgehead atoms. The first-order chi connectivity index (χ1) is 16.1. The molecule has 1 amide bonds. The number of anilines is 1. The van der Waals surface area contributed by atoms with E-state index in [1.54, 1.807) is 12.1 Å². The second-order valence-corrected chi connectivity index (χ2v) is 12.2. The molecule has 9 heteroatoms. The van der Waals surface area contributed by atoms with Gasteiger partial charge in [0, 0.05) is 14.1 Å². The fourth-order valence-electron chi connectivity index (χ4n) is 4.56. The first-order valence-electron chi connectivity index (χ1n) is 11.3. The summed E-state index contributed by atoms with van der Waals surface area (Å²) in [4.78, 5) is 19.5. The molecule has 1 aromatic carbocycles. The lowest BCUT2D eigenvalue weighted by atomic mass is 9.74. The highest BCUT2D eigenvalue weighted by Gasteiger charge is 2.39. The lowest BCUT2D eigenvalue weighted by Gasteiger charge is -2.33. The minimum absolute atomic E-state index is 0. The van der Waals surface area contributed by atoms with Crippen LogP contribution >= 0.6 is 0 Å². The van der Waals surface area contributed by atoms with Crippen LogP contribution in [0.5, 0.6) is 0 Å². The number of benzene rings is 1. The van der Waals surface area contributed by atoms with Crippen LogP contribution in [0, 0.1) is 28.1 Å². The number of hydrogen-bond acceptors (Lipinski definition) is 6. The molecule has 1 aromatic heterocycles. The SMILES string of the molecule is CC1(C)CC=C(c2cc(C3(C#N)CCS(=O)(=O)CC3)ccc2NC(=O)c2ncc(C#N)[nH]2)CC1.[HH].[HH]. The number of allylic oxidation sites excluding steroid dienone is 2. The van der Waals surface area contributed by atoms with E-state index in [1.807, 2.05) is 12.1 Å². The third-order valence-corrected chi connectivity index (χ3v) is 8.60. The van der Waals surface area contributed by atoms with Crippen LogP contribution in [0.4, 0.5) is 5.69 Å². The van der Waals surface area contributed by atoms with Crippen molar-refractivity contribution in [1.29, 1.82) is 10.5 Å². The summed E-state index contributed by atoms with van der Waals surface area (Å²) in [5.74, 6) is -0.446. The number of hydrogen-bond donors (Lipinski definition) is 2. The van der Waals surface area contributed by atoms with Crippen molar-refractivity contribution < 1.29 is 16.1 Å². The standard InChI is InChI=1S/C25H27N5O3S.2H2/c1-24(2)7-5-17(6-8-24)20-13-18(25(16-27)9-11-34(32,33)12-10-25)3-4-21(20)30-23(31)22-28-15-19(14-26)29-22;;/h3-5,13,15H,6-12H2,1-2H3,(H,28,29)(H,30,31);2*1H. The van der Waals surface area contributed by atoms with Gasteiger partial charge in [-0.1, -0.05) is 26.0 Å². The summed E-state index contributed by atoms with van der Waals surface area (Å²) in [6, 6.07) is 9.82. The van der Waals surface area contributed by atoms with Crippen molar-refractivity contribution >= 4 is 27.0 Å². The Morgan fingerprint density at radius 1 is 1.21 bits per heavy atom. The van der Waals surface area contributed by atoms with Crippen molar-refractivity contribution in [3.05, 3.63) is 53.1 Å². The van der Waals surface area contributed by atoms with Crippen molar-refractivity contribution in [2.75, 3.05) is 16.8 Å². The van der Waals surface area contributed by atoms with E-state index in [0.29, 0.717) is 5.69 Å². The van der Waals surface area contributed by atoms with E-state index in [2.05, 4.69) is 41.3 Å². The molecule has 4 rings (SSSR count). The average molecular weight is 482 g/mol. The molecule has 1 saturated heterocycles. The van der Waals surface area contributed by atoms with E-state index in [0.717, 1.165) is 36.0 Å². The van der Waals surface area contributed by atoms with Gasteiger partial charge >= 0.3 is 0 Å². The number of nitriles is 2. The number of carbonyl (C=O) groups is 1. The van der Waals surface area contributed by atoms with Gasteiger partial charge in [0.25, 0.3) is 5.91 Å². The zero-order valence-corrected chi connectivity index (χ0v) is 20.1. The van der Waals surface area contributed by atoms with Crippen molar-refractivity contribution in [3.8, 4) is 12.1 Å². The van der Waals surface area contributed by atoms with Crippen LogP contribution in [0.1, 0.15) is 76.2 Å². The van der Waals surface area contributed by atoms with Gasteiger partial charge in [-0.3, -0.25) is 4.79 Å². The fraction of sp³-hybridized carbons (Fsp3) is 0.440. The van der Waals surface area contributed by atoms with E-state index >= 15 is 0 Å². The molecular formula is C25H31N5O3S. The molecule has 1 fully saturated rings. The minimum Gasteiger partial charge on any atom is -0.326 e. The van der Waals surface area contributed by atoms with E-state index in [4.69, 9.17) is 5.26 Å². The van der Waals surface area contributed by atoms with Gasteiger partial charge in [-0.05, 0) is 60.8 Å². The lowest BCUT2D eigenvalue weighted by molar-refractivity contribution is 0.101. The highest BCUT2D eigenvalue weighted by atomic mass is 32.2. The van der Waals surface area contributed by atoms with Crippen molar-refractivity contribution in [3.63, 3.8) is 0 Å². The number of carbonyl (C=O) groups excluding carboxylic acids is 1. The summed E-state index contributed by atoms with van der Waals surface area (Å²) in [6.07, 6.45) is 6.71. The third kappa shape index (κ3) is 4.76. The van der Waals surface area contributed by atoms with Crippen LogP contribution in [-0.2, 0) is 15.3 Å². The van der Waals surface area contributed by atoms with Gasteiger partial charge in [0.2, 0.25) is 0 Å². The van der Waals surface area contributed by atoms with E-state index in [-0.39, 0.29) is 44.1 Å². The molecule has 0 radical (unpaired) electrons.